The molecule has 0 bridgehead atoms. The van der Waals surface area contributed by atoms with Crippen LogP contribution >= 0.6 is 7.82 Å². The van der Waals surface area contributed by atoms with Crippen molar-refractivity contribution >= 4 is 95.7 Å². The molecular formula is C30H28KO5P. The molecule has 0 aliphatic carbocycles. The van der Waals surface area contributed by atoms with Gasteiger partial charge in [0, 0.05) is 5.56 Å². The summed E-state index contributed by atoms with van der Waals surface area (Å²) in [5.74, 6) is 0.261. The third-order valence-corrected chi connectivity index (χ3v) is 5.04. The minimum atomic E-state index is -4.64. The van der Waals surface area contributed by atoms with Crippen molar-refractivity contribution in [1.82, 2.24) is 0 Å². The zero-order chi connectivity index (χ0) is 25.8. The standard InChI is InChI=1S/C30H24O.K.H3O4P.H/c31-30-23-20-27(19-16-24-10-4-1-5-11-24)28(21-17-25-12-6-2-7-13-25)29(30)22-18-26-14-8-3-9-15-26;;1-5(2,3)4;/h1-23,31H;;(H3,1,2,3,4);. The van der Waals surface area contributed by atoms with Gasteiger partial charge in [-0.05, 0) is 33.9 Å². The van der Waals surface area contributed by atoms with Gasteiger partial charge in [0.2, 0.25) is 0 Å². The van der Waals surface area contributed by atoms with Gasteiger partial charge in [0.25, 0.3) is 0 Å². The van der Waals surface area contributed by atoms with Crippen LogP contribution in [0.25, 0.3) is 36.5 Å². The summed E-state index contributed by atoms with van der Waals surface area (Å²) in [4.78, 5) is 21.6. The second-order valence-electron chi connectivity index (χ2n) is 7.75. The van der Waals surface area contributed by atoms with Crippen LogP contribution in [0.15, 0.2) is 103 Å². The maximum atomic E-state index is 10.7. The fourth-order valence-electron chi connectivity index (χ4n) is 3.39. The normalized spacial score (nSPS) is 11.3. The van der Waals surface area contributed by atoms with Crippen molar-refractivity contribution in [2.45, 2.75) is 0 Å². The first-order valence-corrected chi connectivity index (χ1v) is 12.7. The van der Waals surface area contributed by atoms with Crippen LogP contribution in [0.4, 0.5) is 0 Å². The Hall–Kier alpha value is -2.35. The van der Waals surface area contributed by atoms with Gasteiger partial charge in [-0.2, -0.15) is 0 Å². The predicted octanol–water partition coefficient (Wildman–Crippen LogP) is 6.33. The van der Waals surface area contributed by atoms with Gasteiger partial charge in [-0.15, -0.1) is 0 Å². The van der Waals surface area contributed by atoms with E-state index in [-0.39, 0.29) is 57.1 Å². The number of hydrogen-bond donors (Lipinski definition) is 4. The molecule has 184 valence electrons. The van der Waals surface area contributed by atoms with Crippen LogP contribution in [0.1, 0.15) is 33.4 Å². The average molecular weight is 539 g/mol. The summed E-state index contributed by atoms with van der Waals surface area (Å²) >= 11 is 0. The van der Waals surface area contributed by atoms with E-state index in [9.17, 15) is 5.11 Å². The number of benzene rings is 4. The molecule has 0 aliphatic heterocycles. The van der Waals surface area contributed by atoms with Crippen molar-refractivity contribution in [2.75, 3.05) is 0 Å². The van der Waals surface area contributed by atoms with Crippen LogP contribution in [-0.2, 0) is 4.57 Å². The Morgan fingerprint density at radius 2 is 0.838 bits per heavy atom. The van der Waals surface area contributed by atoms with Gasteiger partial charge in [-0.1, -0.05) is 134 Å². The van der Waals surface area contributed by atoms with Crippen LogP contribution in [0, 0.1) is 0 Å². The molecule has 0 saturated carbocycles. The van der Waals surface area contributed by atoms with Crippen molar-refractivity contribution < 1.29 is 24.4 Å². The number of hydrogen-bond acceptors (Lipinski definition) is 2. The van der Waals surface area contributed by atoms with Crippen LogP contribution in [0.5, 0.6) is 5.75 Å². The molecule has 4 rings (SSSR count). The molecule has 0 fully saturated rings. The number of phosphoric acid groups is 1. The first-order valence-electron chi connectivity index (χ1n) is 11.1. The minimum absolute atomic E-state index is 0. The zero-order valence-corrected chi connectivity index (χ0v) is 20.3. The van der Waals surface area contributed by atoms with Gasteiger partial charge in [0.15, 0.2) is 0 Å². The molecule has 0 spiro atoms. The molecule has 0 unspecified atom stereocenters. The second-order valence-corrected chi connectivity index (χ2v) is 8.77. The van der Waals surface area contributed by atoms with E-state index in [4.69, 9.17) is 19.2 Å². The van der Waals surface area contributed by atoms with E-state index in [0.29, 0.717) is 0 Å². The Morgan fingerprint density at radius 1 is 0.486 bits per heavy atom. The molecule has 0 aliphatic rings. The Bertz CT molecular complexity index is 1370. The number of phenolic OH excluding ortho intramolecular Hbond substituents is 1. The molecule has 0 amide bonds. The number of rotatable bonds is 6. The van der Waals surface area contributed by atoms with Crippen molar-refractivity contribution in [1.29, 1.82) is 0 Å². The molecule has 4 N–H and O–H groups in total. The van der Waals surface area contributed by atoms with Gasteiger partial charge < -0.3 is 19.8 Å². The van der Waals surface area contributed by atoms with Crippen LogP contribution in [0.3, 0.4) is 0 Å². The van der Waals surface area contributed by atoms with Crippen molar-refractivity contribution in [3.05, 3.63) is 137 Å². The molecule has 37 heavy (non-hydrogen) atoms. The Balaban J connectivity index is 0.000000734. The molecule has 0 atom stereocenters. The first-order chi connectivity index (χ1) is 17.3. The van der Waals surface area contributed by atoms with Crippen LogP contribution < -0.4 is 0 Å². The molecule has 0 saturated heterocycles. The molecule has 4 aromatic carbocycles. The summed E-state index contributed by atoms with van der Waals surface area (Å²) < 4.78 is 8.88. The molecular weight excluding hydrogens is 510 g/mol. The fourth-order valence-corrected chi connectivity index (χ4v) is 3.39. The Morgan fingerprint density at radius 3 is 1.24 bits per heavy atom. The average Bonchev–Trinajstić information content (AvgIpc) is 2.87. The van der Waals surface area contributed by atoms with Gasteiger partial charge in [-0.25, -0.2) is 4.57 Å². The fraction of sp³-hybridized carbons (Fsp3) is 0. The number of phenols is 1. The van der Waals surface area contributed by atoms with E-state index in [1.165, 1.54) is 0 Å². The third kappa shape index (κ3) is 11.7. The van der Waals surface area contributed by atoms with Gasteiger partial charge >= 0.3 is 59.2 Å². The van der Waals surface area contributed by atoms with Gasteiger partial charge in [-0.3, -0.25) is 0 Å². The van der Waals surface area contributed by atoms with E-state index in [1.807, 2.05) is 84.9 Å². The van der Waals surface area contributed by atoms with Crippen molar-refractivity contribution in [2.24, 2.45) is 0 Å². The van der Waals surface area contributed by atoms with E-state index in [0.717, 1.165) is 33.4 Å². The maximum absolute atomic E-state index is 10.7. The summed E-state index contributed by atoms with van der Waals surface area (Å²) in [6.07, 6.45) is 12.4. The van der Waals surface area contributed by atoms with Crippen LogP contribution in [-0.4, -0.2) is 71.2 Å². The van der Waals surface area contributed by atoms with E-state index < -0.39 is 7.82 Å². The summed E-state index contributed by atoms with van der Waals surface area (Å²) in [7, 11) is -4.64. The molecule has 0 aromatic heterocycles. The second kappa shape index (κ2) is 15.8. The third-order valence-electron chi connectivity index (χ3n) is 5.04. The summed E-state index contributed by atoms with van der Waals surface area (Å²) in [5, 5.41) is 10.7. The summed E-state index contributed by atoms with van der Waals surface area (Å²) in [6, 6.07) is 34.2. The van der Waals surface area contributed by atoms with Crippen molar-refractivity contribution in [3.63, 3.8) is 0 Å². The molecule has 0 heterocycles. The van der Waals surface area contributed by atoms with Gasteiger partial charge in [0.05, 0.1) is 0 Å². The van der Waals surface area contributed by atoms with Crippen molar-refractivity contribution in [3.8, 4) is 5.75 Å². The zero-order valence-electron chi connectivity index (χ0n) is 19.4. The molecule has 4 aromatic rings. The van der Waals surface area contributed by atoms with E-state index in [1.54, 1.807) is 6.07 Å². The monoisotopic (exact) mass is 538 g/mol. The molecule has 5 nitrogen and oxygen atoms in total. The summed E-state index contributed by atoms with van der Waals surface area (Å²) in [5.41, 5.74) is 6.15. The number of aromatic hydroxyl groups is 1. The molecule has 0 radical (unpaired) electrons. The van der Waals surface area contributed by atoms with E-state index in [2.05, 4.69) is 48.6 Å². The first kappa shape index (κ1) is 30.9. The van der Waals surface area contributed by atoms with Crippen LogP contribution in [0.2, 0.25) is 0 Å². The van der Waals surface area contributed by atoms with E-state index >= 15 is 0 Å². The Kier molecular flexibility index (Phi) is 13.2. The quantitative estimate of drug-likeness (QED) is 0.131. The van der Waals surface area contributed by atoms with Gasteiger partial charge in [0.1, 0.15) is 5.75 Å². The topological polar surface area (TPSA) is 98.0 Å². The Labute approximate surface area is 259 Å². The summed E-state index contributed by atoms with van der Waals surface area (Å²) in [6.45, 7) is 0. The predicted molar refractivity (Wildman–Crippen MR) is 156 cm³/mol. The SMILES string of the molecule is O=P(O)(O)O.Oc1ccc(C=Cc2ccccc2)c(C=Cc2ccccc2)c1C=Cc1ccccc1.[KH]. The molecule has 7 heteroatoms.